The number of aromatic nitrogens is 7. The summed E-state index contributed by atoms with van der Waals surface area (Å²) in [5.74, 6) is -1.25. The molecule has 0 saturated carbocycles. The van der Waals surface area contributed by atoms with Crippen LogP contribution in [0.25, 0.3) is 43.7 Å². The molecule has 0 amide bonds. The molecule has 2 saturated heterocycles. The third kappa shape index (κ3) is 9.31. The zero-order chi connectivity index (χ0) is 47.5. The Balaban J connectivity index is 0.946. The van der Waals surface area contributed by atoms with Crippen LogP contribution in [0.3, 0.4) is 0 Å². The average Bonchev–Trinajstić information content (AvgIpc) is 3.94. The summed E-state index contributed by atoms with van der Waals surface area (Å²) in [7, 11) is -10.6. The van der Waals surface area contributed by atoms with Gasteiger partial charge < -0.3 is 61.3 Å². The van der Waals surface area contributed by atoms with Crippen LogP contribution in [0.5, 0.6) is 0 Å². The van der Waals surface area contributed by atoms with Gasteiger partial charge in [0.15, 0.2) is 35.5 Å². The lowest BCUT2D eigenvalue weighted by atomic mass is 10.0. The zero-order valence-electron chi connectivity index (χ0n) is 34.4. The SMILES string of the molecule is Nc1ccn([C@@H]2O[C@H](COP(=O)(O)O)[C@@H](OP(=O)(O)OC[C@H]3O[C@@H](n4cnc5c(N)ncnc54)[C@H](O)[C@@H]3OC(=O)[C@@H](N)Cc3ccc4[nH]c5cc6ccccc6cc5c(=O)c4c3)[C@H]2O)c(=O)n1. The molecule has 26 nitrogen and oxygen atoms in total. The van der Waals surface area contributed by atoms with Crippen LogP contribution in [-0.2, 0) is 48.1 Å². The molecule has 4 aromatic heterocycles. The van der Waals surface area contributed by atoms with Crippen LogP contribution in [0.1, 0.15) is 18.0 Å². The maximum atomic E-state index is 13.7. The minimum atomic E-state index is -5.42. The summed E-state index contributed by atoms with van der Waals surface area (Å²) in [6.45, 7) is -1.98. The van der Waals surface area contributed by atoms with Gasteiger partial charge in [-0.15, -0.1) is 0 Å². The number of hydrogen-bond donors (Lipinski definition) is 9. The number of fused-ring (bicyclic) bond motifs is 4. The Morgan fingerprint density at radius 3 is 2.24 bits per heavy atom. The van der Waals surface area contributed by atoms with Gasteiger partial charge in [-0.25, -0.2) is 28.9 Å². The quantitative estimate of drug-likeness (QED) is 0.0393. The van der Waals surface area contributed by atoms with Gasteiger partial charge in [0.25, 0.3) is 0 Å². The van der Waals surface area contributed by atoms with Gasteiger partial charge in [-0.3, -0.25) is 32.3 Å². The molecule has 2 aliphatic rings. The van der Waals surface area contributed by atoms with Crippen LogP contribution in [0.2, 0.25) is 0 Å². The topological polar surface area (TPSA) is 397 Å². The van der Waals surface area contributed by atoms with Crippen LogP contribution in [0, 0.1) is 0 Å². The summed E-state index contributed by atoms with van der Waals surface area (Å²) in [4.78, 5) is 88.7. The number of H-pyrrole nitrogens is 1. The van der Waals surface area contributed by atoms with Crippen LogP contribution in [0.4, 0.5) is 11.6 Å². The maximum absolute atomic E-state index is 13.7. The van der Waals surface area contributed by atoms with E-state index in [0.717, 1.165) is 27.9 Å². The van der Waals surface area contributed by atoms with Crippen molar-refractivity contribution in [1.29, 1.82) is 0 Å². The molecular formula is C39H40N10O16P2. The number of hydrogen-bond acceptors (Lipinski definition) is 20. The minimum Gasteiger partial charge on any atom is -0.455 e. The van der Waals surface area contributed by atoms with Gasteiger partial charge >= 0.3 is 27.3 Å². The lowest BCUT2D eigenvalue weighted by molar-refractivity contribution is -0.158. The molecule has 1 unspecified atom stereocenters. The lowest BCUT2D eigenvalue weighted by Crippen LogP contribution is -2.43. The van der Waals surface area contributed by atoms with Gasteiger partial charge in [-0.2, -0.15) is 4.98 Å². The maximum Gasteiger partial charge on any atom is 0.472 e. The summed E-state index contributed by atoms with van der Waals surface area (Å²) >= 11 is 0. The fourth-order valence-electron chi connectivity index (χ4n) is 8.04. The molecule has 67 heavy (non-hydrogen) atoms. The van der Waals surface area contributed by atoms with Crippen LogP contribution >= 0.6 is 15.6 Å². The number of ether oxygens (including phenoxy) is 3. The summed E-state index contributed by atoms with van der Waals surface area (Å²) < 4.78 is 59.6. The molecule has 3 aromatic carbocycles. The van der Waals surface area contributed by atoms with Gasteiger partial charge in [-0.05, 0) is 53.1 Å². The number of aliphatic hydroxyl groups excluding tert-OH is 2. The van der Waals surface area contributed by atoms with E-state index in [1.54, 1.807) is 24.3 Å². The highest BCUT2D eigenvalue weighted by Crippen LogP contribution is 2.50. The van der Waals surface area contributed by atoms with Crippen molar-refractivity contribution < 1.29 is 66.6 Å². The third-order valence-electron chi connectivity index (χ3n) is 11.2. The minimum absolute atomic E-state index is 0.0110. The molecule has 0 aliphatic carbocycles. The number of esters is 1. The Bertz CT molecular complexity index is 3280. The average molecular weight is 967 g/mol. The van der Waals surface area contributed by atoms with E-state index in [9.17, 15) is 48.4 Å². The number of nitrogens with one attached hydrogen (secondary N) is 1. The fraction of sp³-hybridized carbons (Fsp3) is 0.308. The Morgan fingerprint density at radius 2 is 1.51 bits per heavy atom. The molecule has 352 valence electrons. The second-order valence-corrected chi connectivity index (χ2v) is 18.3. The normalized spacial score (nSPS) is 24.7. The smallest absolute Gasteiger partial charge is 0.455 e. The molecule has 0 bridgehead atoms. The number of nitrogens with two attached hydrogens (primary N) is 3. The first-order valence-electron chi connectivity index (χ1n) is 20.1. The second kappa shape index (κ2) is 17.9. The van der Waals surface area contributed by atoms with E-state index in [2.05, 4.69) is 29.4 Å². The molecule has 2 aliphatic heterocycles. The molecule has 10 atom stereocenters. The predicted octanol–water partition coefficient (Wildman–Crippen LogP) is 0.00540. The summed E-state index contributed by atoms with van der Waals surface area (Å²) in [5.41, 5.74) is 18.5. The van der Waals surface area contributed by atoms with Crippen molar-refractivity contribution in [2.75, 3.05) is 24.7 Å². The lowest BCUT2D eigenvalue weighted by Gasteiger charge is -2.25. The highest BCUT2D eigenvalue weighted by molar-refractivity contribution is 7.47. The molecule has 2 fully saturated rings. The third-order valence-corrected chi connectivity index (χ3v) is 12.7. The summed E-state index contributed by atoms with van der Waals surface area (Å²) in [6.07, 6.45) is -10.5. The van der Waals surface area contributed by atoms with Crippen molar-refractivity contribution in [3.8, 4) is 0 Å². The van der Waals surface area contributed by atoms with Crippen molar-refractivity contribution >= 4 is 77.0 Å². The van der Waals surface area contributed by atoms with Crippen LogP contribution < -0.4 is 28.3 Å². The zero-order valence-corrected chi connectivity index (χ0v) is 36.1. The first kappa shape index (κ1) is 46.0. The predicted molar refractivity (Wildman–Crippen MR) is 232 cm³/mol. The standard InChI is InChI=1S/C39H40N10O16P2/c40-22(10-17-5-6-23-20(9-17)29(50)21-11-18-3-1-2-4-19(18)12-24(21)46-23)38(53)64-32-25(62-37(30(32)51)49-16-45-28-34(42)43-15-44-35(28)49)14-61-67(58,59)65-33-26(13-60-66(55,56)57)63-36(31(33)52)48-8-7-27(41)47-39(48)54/h1-9,11-12,15-16,22,25-26,30-33,36-37,51-52H,10,13-14,40H2,(H,46,50)(H,58,59)(H2,41,47,54)(H2,42,43,44)(H2,55,56,57)/t22-,25+,26+,30+,31+,32+,33+,36+,37+/m0/s1. The number of nitrogen functional groups attached to an aromatic ring is 2. The first-order chi connectivity index (χ1) is 31.8. The highest BCUT2D eigenvalue weighted by atomic mass is 31.2. The number of rotatable bonds is 14. The van der Waals surface area contributed by atoms with Crippen molar-refractivity contribution in [3.63, 3.8) is 0 Å². The number of nitrogens with zero attached hydrogens (tertiary/aromatic N) is 6. The molecule has 9 rings (SSSR count). The summed E-state index contributed by atoms with van der Waals surface area (Å²) in [6, 6.07) is 16.0. The molecule has 28 heteroatoms. The van der Waals surface area contributed by atoms with Crippen molar-refractivity contribution in [3.05, 3.63) is 106 Å². The molecule has 0 radical (unpaired) electrons. The van der Waals surface area contributed by atoms with Gasteiger partial charge in [0.05, 0.1) is 25.1 Å². The molecular weight excluding hydrogens is 926 g/mol. The van der Waals surface area contributed by atoms with Crippen LogP contribution in [0.15, 0.2) is 89.1 Å². The number of carbonyl (C=O) groups excluding carboxylic acids is 1. The van der Waals surface area contributed by atoms with Crippen molar-refractivity contribution in [2.45, 2.75) is 61.5 Å². The Labute approximate surface area is 374 Å². The van der Waals surface area contributed by atoms with Crippen molar-refractivity contribution in [2.24, 2.45) is 5.73 Å². The van der Waals surface area contributed by atoms with E-state index in [-0.39, 0.29) is 34.6 Å². The van der Waals surface area contributed by atoms with Gasteiger partial charge in [0, 0.05) is 22.5 Å². The molecule has 6 heterocycles. The number of anilines is 2. The monoisotopic (exact) mass is 966 g/mol. The number of pyridine rings is 1. The van der Waals surface area contributed by atoms with E-state index < -0.39 is 95.6 Å². The fourth-order valence-corrected chi connectivity index (χ4v) is 9.34. The van der Waals surface area contributed by atoms with E-state index in [0.29, 0.717) is 27.4 Å². The molecule has 7 aromatic rings. The number of benzene rings is 3. The van der Waals surface area contributed by atoms with E-state index >= 15 is 0 Å². The highest BCUT2D eigenvalue weighted by Gasteiger charge is 2.52. The van der Waals surface area contributed by atoms with Gasteiger partial charge in [0.1, 0.15) is 54.2 Å². The summed E-state index contributed by atoms with van der Waals surface area (Å²) in [5, 5.41) is 25.5. The van der Waals surface area contributed by atoms with E-state index in [1.807, 2.05) is 30.3 Å². The number of imidazole rings is 1. The first-order valence-corrected chi connectivity index (χ1v) is 23.1. The van der Waals surface area contributed by atoms with E-state index in [1.165, 1.54) is 17.0 Å². The second-order valence-electron chi connectivity index (χ2n) is 15.6. The number of aromatic amines is 1. The van der Waals surface area contributed by atoms with Crippen LogP contribution in [-0.4, -0.2) is 121 Å². The Morgan fingerprint density at radius 1 is 0.836 bits per heavy atom. The number of carbonyl (C=O) groups is 1. The number of phosphoric acid groups is 2. The largest absolute Gasteiger partial charge is 0.472 e. The number of aliphatic hydroxyl groups is 2. The Kier molecular flexibility index (Phi) is 12.3. The molecule has 0 spiro atoms. The van der Waals surface area contributed by atoms with Gasteiger partial charge in [-0.1, -0.05) is 30.3 Å². The number of phosphoric ester groups is 2. The van der Waals surface area contributed by atoms with Gasteiger partial charge in [0.2, 0.25) is 0 Å². The van der Waals surface area contributed by atoms with E-state index in [4.69, 9.17) is 40.5 Å². The Hall–Kier alpha value is -6.09. The molecule has 12 N–H and O–H groups in total. The van der Waals surface area contributed by atoms with Crippen molar-refractivity contribution in [1.82, 2.24) is 34.1 Å².